The van der Waals surface area contributed by atoms with Crippen LogP contribution in [-0.4, -0.2) is 16.8 Å². The zero-order chi connectivity index (χ0) is 12.5. The number of rotatable bonds is 3. The molecule has 0 atom stereocenters. The number of hydrogen-bond acceptors (Lipinski definition) is 2. The highest BCUT2D eigenvalue weighted by Gasteiger charge is 2.34. The molecule has 2 nitrogen and oxygen atoms in total. The van der Waals surface area contributed by atoms with Gasteiger partial charge in [0.05, 0.1) is 18.7 Å². The normalized spacial score (nSPS) is 18.3. The number of nitrogens with one attached hydrogen (secondary N) is 1. The molecular weight excluding hydrogens is 434 g/mol. The number of thiophene rings is 1. The number of carbonyl (C=O) groups excluding carboxylic acids is 1. The summed E-state index contributed by atoms with van der Waals surface area (Å²) in [6, 6.07) is 1.86. The van der Waals surface area contributed by atoms with Gasteiger partial charge in [0, 0.05) is 5.33 Å². The molecule has 1 aromatic rings. The molecule has 1 saturated carbocycles. The van der Waals surface area contributed by atoms with Crippen molar-refractivity contribution < 1.29 is 4.79 Å². The Morgan fingerprint density at radius 1 is 1.41 bits per heavy atom. The standard InChI is InChI=1S/C11H12Br3NOS/c12-6-11(3-1-2-4-11)15-10(16)7-5-8(13)17-9(7)14/h5H,1-4,6H2,(H,15,16). The minimum Gasteiger partial charge on any atom is -0.346 e. The van der Waals surface area contributed by atoms with Gasteiger partial charge < -0.3 is 5.32 Å². The summed E-state index contributed by atoms with van der Waals surface area (Å²) in [6.45, 7) is 0. The maximum Gasteiger partial charge on any atom is 0.253 e. The molecule has 6 heteroatoms. The summed E-state index contributed by atoms with van der Waals surface area (Å²) >= 11 is 11.9. The van der Waals surface area contributed by atoms with E-state index in [-0.39, 0.29) is 11.4 Å². The Labute approximate surface area is 130 Å². The van der Waals surface area contributed by atoms with Gasteiger partial charge in [-0.15, -0.1) is 11.3 Å². The van der Waals surface area contributed by atoms with Crippen LogP contribution in [0.4, 0.5) is 0 Å². The van der Waals surface area contributed by atoms with Crippen molar-refractivity contribution in [3.63, 3.8) is 0 Å². The van der Waals surface area contributed by atoms with Gasteiger partial charge in [-0.1, -0.05) is 28.8 Å². The van der Waals surface area contributed by atoms with Gasteiger partial charge in [-0.05, 0) is 50.8 Å². The van der Waals surface area contributed by atoms with E-state index >= 15 is 0 Å². The molecule has 1 fully saturated rings. The predicted octanol–water partition coefficient (Wildman–Crippen LogP) is 4.71. The molecule has 1 aliphatic rings. The molecule has 0 saturated heterocycles. The molecule has 2 rings (SSSR count). The lowest BCUT2D eigenvalue weighted by Crippen LogP contribution is -2.47. The molecule has 0 aromatic carbocycles. The summed E-state index contributed by atoms with van der Waals surface area (Å²) < 4.78 is 1.85. The molecule has 0 spiro atoms. The lowest BCUT2D eigenvalue weighted by molar-refractivity contribution is 0.0910. The molecule has 0 bridgehead atoms. The Bertz CT molecular complexity index is 426. The molecule has 1 heterocycles. The van der Waals surface area contributed by atoms with Gasteiger partial charge in [-0.2, -0.15) is 0 Å². The number of alkyl halides is 1. The monoisotopic (exact) mass is 443 g/mol. The molecule has 1 aliphatic carbocycles. The lowest BCUT2D eigenvalue weighted by atomic mass is 10.0. The van der Waals surface area contributed by atoms with E-state index in [4.69, 9.17) is 0 Å². The fourth-order valence-corrected chi connectivity index (χ4v) is 5.64. The topological polar surface area (TPSA) is 29.1 Å². The van der Waals surface area contributed by atoms with Crippen molar-refractivity contribution in [2.24, 2.45) is 0 Å². The van der Waals surface area contributed by atoms with Crippen LogP contribution in [0.15, 0.2) is 13.6 Å². The summed E-state index contributed by atoms with van der Waals surface area (Å²) in [6.07, 6.45) is 4.51. The predicted molar refractivity (Wildman–Crippen MR) is 82.2 cm³/mol. The average molecular weight is 446 g/mol. The van der Waals surface area contributed by atoms with Crippen LogP contribution in [0.5, 0.6) is 0 Å². The number of hydrogen-bond donors (Lipinski definition) is 1. The fraction of sp³-hybridized carbons (Fsp3) is 0.545. The minimum absolute atomic E-state index is 0.0141. The first-order valence-corrected chi connectivity index (χ1v) is 8.92. The van der Waals surface area contributed by atoms with Crippen molar-refractivity contribution in [2.45, 2.75) is 31.2 Å². The van der Waals surface area contributed by atoms with Gasteiger partial charge in [0.25, 0.3) is 5.91 Å². The maximum absolute atomic E-state index is 12.2. The molecule has 0 radical (unpaired) electrons. The van der Waals surface area contributed by atoms with Crippen molar-refractivity contribution in [1.29, 1.82) is 0 Å². The first-order valence-electron chi connectivity index (χ1n) is 5.40. The zero-order valence-electron chi connectivity index (χ0n) is 9.06. The van der Waals surface area contributed by atoms with E-state index in [1.807, 2.05) is 6.07 Å². The third-order valence-electron chi connectivity index (χ3n) is 3.10. The van der Waals surface area contributed by atoms with Crippen molar-refractivity contribution in [3.8, 4) is 0 Å². The van der Waals surface area contributed by atoms with Crippen molar-refractivity contribution in [1.82, 2.24) is 5.32 Å². The van der Waals surface area contributed by atoms with Gasteiger partial charge in [0.2, 0.25) is 0 Å². The van der Waals surface area contributed by atoms with Crippen LogP contribution in [-0.2, 0) is 0 Å². The molecule has 0 unspecified atom stereocenters. The lowest BCUT2D eigenvalue weighted by Gasteiger charge is -2.28. The smallest absolute Gasteiger partial charge is 0.253 e. The number of amides is 1. The van der Waals surface area contributed by atoms with Gasteiger partial charge in [-0.25, -0.2) is 0 Å². The average Bonchev–Trinajstić information content (AvgIpc) is 2.86. The quantitative estimate of drug-likeness (QED) is 0.670. The summed E-state index contributed by atoms with van der Waals surface area (Å²) in [5.74, 6) is 0.0141. The molecule has 0 aliphatic heterocycles. The van der Waals surface area contributed by atoms with E-state index in [1.54, 1.807) is 0 Å². The van der Waals surface area contributed by atoms with Crippen LogP contribution >= 0.6 is 59.1 Å². The Balaban J connectivity index is 2.13. The maximum atomic E-state index is 12.2. The van der Waals surface area contributed by atoms with Crippen LogP contribution in [0.3, 0.4) is 0 Å². The fourth-order valence-electron chi connectivity index (χ4n) is 2.15. The van der Waals surface area contributed by atoms with E-state index in [0.717, 1.165) is 25.7 Å². The summed E-state index contributed by atoms with van der Waals surface area (Å²) in [4.78, 5) is 12.2. The van der Waals surface area contributed by atoms with Gasteiger partial charge >= 0.3 is 0 Å². The van der Waals surface area contributed by atoms with E-state index in [9.17, 15) is 4.79 Å². The molecule has 17 heavy (non-hydrogen) atoms. The first kappa shape index (κ1) is 14.0. The second kappa shape index (κ2) is 5.72. The van der Waals surface area contributed by atoms with Crippen LogP contribution in [0, 0.1) is 0 Å². The van der Waals surface area contributed by atoms with Crippen LogP contribution in [0.1, 0.15) is 36.0 Å². The second-order valence-corrected chi connectivity index (χ2v) is 8.62. The number of halogens is 3. The molecule has 1 amide bonds. The SMILES string of the molecule is O=C(NC1(CBr)CCCC1)c1cc(Br)sc1Br. The zero-order valence-corrected chi connectivity index (χ0v) is 14.6. The summed E-state index contributed by atoms with van der Waals surface area (Å²) in [7, 11) is 0. The van der Waals surface area contributed by atoms with Crippen molar-refractivity contribution in [2.75, 3.05) is 5.33 Å². The van der Waals surface area contributed by atoms with Crippen LogP contribution < -0.4 is 5.32 Å². The van der Waals surface area contributed by atoms with E-state index in [0.29, 0.717) is 5.56 Å². The van der Waals surface area contributed by atoms with Gasteiger partial charge in [-0.3, -0.25) is 4.79 Å². The van der Waals surface area contributed by atoms with E-state index in [1.165, 1.54) is 24.2 Å². The molecular formula is C11H12Br3NOS. The highest BCUT2D eigenvalue weighted by Crippen LogP contribution is 2.34. The van der Waals surface area contributed by atoms with Crippen molar-refractivity contribution >= 4 is 65.0 Å². The third kappa shape index (κ3) is 3.14. The van der Waals surface area contributed by atoms with Gasteiger partial charge in [0.1, 0.15) is 0 Å². The van der Waals surface area contributed by atoms with Crippen molar-refractivity contribution in [3.05, 3.63) is 19.2 Å². The second-order valence-electron chi connectivity index (χ2n) is 4.31. The minimum atomic E-state index is -0.0507. The highest BCUT2D eigenvalue weighted by atomic mass is 79.9. The number of carbonyl (C=O) groups is 1. The molecule has 94 valence electrons. The summed E-state index contributed by atoms with van der Waals surface area (Å²) in [5, 5.41) is 4.01. The Morgan fingerprint density at radius 3 is 2.53 bits per heavy atom. The Morgan fingerprint density at radius 2 is 2.06 bits per heavy atom. The van der Waals surface area contributed by atoms with Gasteiger partial charge in [0.15, 0.2) is 0 Å². The van der Waals surface area contributed by atoms with E-state index < -0.39 is 0 Å². The van der Waals surface area contributed by atoms with Crippen LogP contribution in [0.2, 0.25) is 0 Å². The Kier molecular flexibility index (Phi) is 4.72. The van der Waals surface area contributed by atoms with E-state index in [2.05, 4.69) is 53.1 Å². The highest BCUT2D eigenvalue weighted by molar-refractivity contribution is 9.12. The molecule has 1 N–H and O–H groups in total. The largest absolute Gasteiger partial charge is 0.346 e. The molecule has 1 aromatic heterocycles. The van der Waals surface area contributed by atoms with Crippen LogP contribution in [0.25, 0.3) is 0 Å². The Hall–Kier alpha value is 0.610. The summed E-state index contributed by atoms with van der Waals surface area (Å²) in [5.41, 5.74) is 0.666. The first-order chi connectivity index (χ1) is 8.06. The third-order valence-corrected chi connectivity index (χ3v) is 6.51.